The van der Waals surface area contributed by atoms with Crippen molar-refractivity contribution in [1.29, 1.82) is 0 Å². The Morgan fingerprint density at radius 2 is 2.19 bits per heavy atom. The van der Waals surface area contributed by atoms with Crippen LogP contribution in [0.25, 0.3) is 28.5 Å². The minimum atomic E-state index is -0.402. The number of carbonyl (C=O) groups is 1. The average molecular weight is 419 g/mol. The topological polar surface area (TPSA) is 133 Å². The Bertz CT molecular complexity index is 1240. The molecule has 1 atom stereocenters. The van der Waals surface area contributed by atoms with E-state index in [0.717, 1.165) is 29.7 Å². The van der Waals surface area contributed by atoms with Crippen molar-refractivity contribution >= 4 is 17.4 Å². The van der Waals surface area contributed by atoms with Crippen molar-refractivity contribution in [2.45, 2.75) is 25.9 Å². The van der Waals surface area contributed by atoms with Gasteiger partial charge in [0, 0.05) is 36.8 Å². The summed E-state index contributed by atoms with van der Waals surface area (Å²) in [7, 11) is 0. The molecule has 31 heavy (non-hydrogen) atoms. The average Bonchev–Trinajstić information content (AvgIpc) is 3.55. The lowest BCUT2D eigenvalue weighted by Crippen LogP contribution is -2.33. The van der Waals surface area contributed by atoms with E-state index in [1.54, 1.807) is 6.20 Å². The third-order valence-electron chi connectivity index (χ3n) is 5.25. The molecule has 0 bridgehead atoms. The van der Waals surface area contributed by atoms with Gasteiger partial charge in [-0.05, 0) is 31.9 Å². The first kappa shape index (κ1) is 19.2. The molecule has 0 unspecified atom stereocenters. The summed E-state index contributed by atoms with van der Waals surface area (Å²) < 4.78 is 12.9. The Hall–Kier alpha value is -3.79. The van der Waals surface area contributed by atoms with Crippen molar-refractivity contribution < 1.29 is 13.9 Å². The summed E-state index contributed by atoms with van der Waals surface area (Å²) in [6, 6.07) is 3.74. The lowest BCUT2D eigenvalue weighted by molar-refractivity contribution is 0.0854. The van der Waals surface area contributed by atoms with Gasteiger partial charge in [0.2, 0.25) is 5.89 Å². The molecule has 0 aromatic carbocycles. The Kier molecular flexibility index (Phi) is 4.83. The molecule has 0 spiro atoms. The number of carbonyl (C=O) groups excluding carboxylic acids is 1. The van der Waals surface area contributed by atoms with E-state index in [4.69, 9.17) is 14.9 Å². The van der Waals surface area contributed by atoms with Gasteiger partial charge in [-0.2, -0.15) is 0 Å². The van der Waals surface area contributed by atoms with Gasteiger partial charge in [-0.1, -0.05) is 0 Å². The number of nitrogens with one attached hydrogen (secondary N) is 1. The summed E-state index contributed by atoms with van der Waals surface area (Å²) >= 11 is 0. The van der Waals surface area contributed by atoms with Crippen LogP contribution in [0.5, 0.6) is 0 Å². The van der Waals surface area contributed by atoms with Crippen molar-refractivity contribution in [3.8, 4) is 22.8 Å². The first-order chi connectivity index (χ1) is 15.1. The first-order valence-electron chi connectivity index (χ1n) is 10.0. The minimum Gasteiger partial charge on any atom is -0.443 e. The summed E-state index contributed by atoms with van der Waals surface area (Å²) in [6.45, 7) is 3.07. The van der Waals surface area contributed by atoms with Crippen LogP contribution < -0.4 is 11.1 Å². The van der Waals surface area contributed by atoms with Gasteiger partial charge in [0.05, 0.1) is 12.3 Å². The number of amides is 1. The standard InChI is InChI=1S/C21H21N7O3/c1-12-9-24-15-5-4-13(11-28(12)15)16-17(21-23-6-8-31-21)27-19(22)18(26-16)20(29)25-10-14-3-2-7-30-14/h4-6,8-9,11,14H,2-3,7,10H2,1H3,(H2,22,27)(H,25,29)/t14-/m1/s1. The van der Waals surface area contributed by atoms with Gasteiger partial charge in [-0.3, -0.25) is 4.79 Å². The number of nitrogens with two attached hydrogens (primary N) is 1. The number of ether oxygens (including phenoxy) is 1. The Labute approximate surface area is 177 Å². The lowest BCUT2D eigenvalue weighted by Gasteiger charge is -2.13. The third kappa shape index (κ3) is 3.61. The van der Waals surface area contributed by atoms with E-state index in [-0.39, 0.29) is 23.5 Å². The number of oxazole rings is 1. The van der Waals surface area contributed by atoms with E-state index in [9.17, 15) is 4.79 Å². The summed E-state index contributed by atoms with van der Waals surface area (Å²) in [5.74, 6) is -0.134. The monoisotopic (exact) mass is 419 g/mol. The highest BCUT2D eigenvalue weighted by molar-refractivity contribution is 5.97. The molecule has 5 heterocycles. The predicted molar refractivity (Wildman–Crippen MR) is 112 cm³/mol. The fraction of sp³-hybridized carbons (Fsp3) is 0.286. The minimum absolute atomic E-state index is 0.00156. The molecule has 0 saturated carbocycles. The Morgan fingerprint density at radius 1 is 1.29 bits per heavy atom. The smallest absolute Gasteiger partial charge is 0.273 e. The van der Waals surface area contributed by atoms with Crippen LogP contribution in [0, 0.1) is 6.92 Å². The SMILES string of the molecule is Cc1cnc2ccc(-c3nc(C(=O)NC[C@H]4CCCO4)c(N)nc3-c3ncco3)cn12. The van der Waals surface area contributed by atoms with Gasteiger partial charge in [0.15, 0.2) is 17.2 Å². The first-order valence-corrected chi connectivity index (χ1v) is 10.0. The van der Waals surface area contributed by atoms with E-state index in [0.29, 0.717) is 24.5 Å². The van der Waals surface area contributed by atoms with Gasteiger partial charge in [0.1, 0.15) is 17.6 Å². The summed E-state index contributed by atoms with van der Waals surface area (Å²) in [6.07, 6.45) is 8.56. The number of nitrogen functional groups attached to an aromatic ring is 1. The molecule has 3 N–H and O–H groups in total. The maximum atomic E-state index is 12.8. The third-order valence-corrected chi connectivity index (χ3v) is 5.25. The van der Waals surface area contributed by atoms with Crippen LogP contribution in [-0.2, 0) is 4.74 Å². The fourth-order valence-electron chi connectivity index (χ4n) is 3.64. The summed E-state index contributed by atoms with van der Waals surface area (Å²) in [5.41, 5.74) is 9.44. The maximum absolute atomic E-state index is 12.8. The molecule has 1 aliphatic rings. The van der Waals surface area contributed by atoms with E-state index < -0.39 is 5.91 Å². The van der Waals surface area contributed by atoms with E-state index >= 15 is 0 Å². The van der Waals surface area contributed by atoms with Crippen molar-refractivity contribution in [2.24, 2.45) is 0 Å². The van der Waals surface area contributed by atoms with Crippen LogP contribution in [0.4, 0.5) is 5.82 Å². The zero-order valence-corrected chi connectivity index (χ0v) is 16.9. The highest BCUT2D eigenvalue weighted by Gasteiger charge is 2.23. The number of hydrogen-bond acceptors (Lipinski definition) is 8. The molecule has 1 aliphatic heterocycles. The number of aryl methyl sites for hydroxylation is 1. The van der Waals surface area contributed by atoms with Crippen LogP contribution in [0.1, 0.15) is 29.0 Å². The Morgan fingerprint density at radius 3 is 2.97 bits per heavy atom. The Balaban J connectivity index is 1.57. The van der Waals surface area contributed by atoms with Gasteiger partial charge in [0.25, 0.3) is 5.91 Å². The molecule has 1 saturated heterocycles. The number of aromatic nitrogens is 5. The normalized spacial score (nSPS) is 16.1. The lowest BCUT2D eigenvalue weighted by atomic mass is 10.1. The molecule has 1 amide bonds. The van der Waals surface area contributed by atoms with E-state index in [1.807, 2.05) is 29.7 Å². The number of hydrogen-bond donors (Lipinski definition) is 2. The number of anilines is 1. The molecule has 4 aromatic rings. The van der Waals surface area contributed by atoms with Crippen molar-refractivity contribution in [3.05, 3.63) is 48.4 Å². The number of rotatable bonds is 5. The molecular weight excluding hydrogens is 398 g/mol. The molecule has 10 nitrogen and oxygen atoms in total. The second-order valence-electron chi connectivity index (χ2n) is 7.38. The summed E-state index contributed by atoms with van der Waals surface area (Å²) in [5, 5.41) is 2.85. The molecule has 4 aromatic heterocycles. The summed E-state index contributed by atoms with van der Waals surface area (Å²) in [4.78, 5) is 30.4. The number of fused-ring (bicyclic) bond motifs is 1. The van der Waals surface area contributed by atoms with E-state index in [1.165, 1.54) is 12.5 Å². The highest BCUT2D eigenvalue weighted by Crippen LogP contribution is 2.30. The molecule has 5 rings (SSSR count). The van der Waals surface area contributed by atoms with Crippen LogP contribution in [0.3, 0.4) is 0 Å². The molecular formula is C21H21N7O3. The fourth-order valence-corrected chi connectivity index (χ4v) is 3.64. The van der Waals surface area contributed by atoms with Crippen LogP contribution >= 0.6 is 0 Å². The largest absolute Gasteiger partial charge is 0.443 e. The number of pyridine rings is 1. The van der Waals surface area contributed by atoms with Gasteiger partial charge >= 0.3 is 0 Å². The van der Waals surface area contributed by atoms with Crippen molar-refractivity contribution in [1.82, 2.24) is 29.7 Å². The zero-order valence-electron chi connectivity index (χ0n) is 16.9. The predicted octanol–water partition coefficient (Wildman–Crippen LogP) is 2.25. The molecule has 1 fully saturated rings. The van der Waals surface area contributed by atoms with Crippen LogP contribution in [0.15, 0.2) is 41.4 Å². The quantitative estimate of drug-likeness (QED) is 0.503. The number of imidazole rings is 1. The van der Waals surface area contributed by atoms with Crippen LogP contribution in [-0.4, -0.2) is 49.5 Å². The second-order valence-corrected chi connectivity index (χ2v) is 7.38. The maximum Gasteiger partial charge on any atom is 0.273 e. The van der Waals surface area contributed by atoms with Gasteiger partial charge in [-0.25, -0.2) is 19.9 Å². The molecule has 0 radical (unpaired) electrons. The molecule has 10 heteroatoms. The molecule has 0 aliphatic carbocycles. The van der Waals surface area contributed by atoms with Crippen molar-refractivity contribution in [3.63, 3.8) is 0 Å². The number of nitrogens with zero attached hydrogens (tertiary/aromatic N) is 5. The second kappa shape index (κ2) is 7.80. The van der Waals surface area contributed by atoms with Gasteiger partial charge < -0.3 is 24.6 Å². The molecule has 158 valence electrons. The van der Waals surface area contributed by atoms with Gasteiger partial charge in [-0.15, -0.1) is 0 Å². The van der Waals surface area contributed by atoms with Crippen molar-refractivity contribution in [2.75, 3.05) is 18.9 Å². The zero-order chi connectivity index (χ0) is 21.4. The highest BCUT2D eigenvalue weighted by atomic mass is 16.5. The van der Waals surface area contributed by atoms with E-state index in [2.05, 4.69) is 25.3 Å². The van der Waals surface area contributed by atoms with Crippen LogP contribution in [0.2, 0.25) is 0 Å².